The summed E-state index contributed by atoms with van der Waals surface area (Å²) in [6.45, 7) is 10.7. The zero-order chi connectivity index (χ0) is 31.7. The molecule has 1 aliphatic carbocycles. The molecule has 12 nitrogen and oxygen atoms in total. The third kappa shape index (κ3) is 6.43. The summed E-state index contributed by atoms with van der Waals surface area (Å²) in [5.41, 5.74) is 10.8. The number of anilines is 4. The molecule has 5 N–H and O–H groups in total. The molecule has 0 atom stereocenters. The zero-order valence-corrected chi connectivity index (χ0v) is 27.2. The molecule has 246 valence electrons. The first-order chi connectivity index (χ1) is 22.4. The van der Waals surface area contributed by atoms with E-state index in [4.69, 9.17) is 20.4 Å². The van der Waals surface area contributed by atoms with E-state index < -0.39 is 5.91 Å². The Balaban J connectivity index is 1.10. The second-order valence-electron chi connectivity index (χ2n) is 13.7. The van der Waals surface area contributed by atoms with Crippen molar-refractivity contribution in [3.8, 4) is 11.4 Å². The number of primary amides is 1. The highest BCUT2D eigenvalue weighted by atomic mass is 16.5. The quantitative estimate of drug-likeness (QED) is 0.276. The lowest BCUT2D eigenvalue weighted by atomic mass is 9.71. The minimum atomic E-state index is -0.640. The molecule has 5 heterocycles. The van der Waals surface area contributed by atoms with Gasteiger partial charge < -0.3 is 30.9 Å². The Bertz CT molecular complexity index is 1500. The number of aromatic amines is 1. The number of likely N-dealkylation sites (N-methyl/N-ethyl adjacent to an activating group) is 1. The van der Waals surface area contributed by atoms with E-state index in [-0.39, 0.29) is 11.7 Å². The highest BCUT2D eigenvalue weighted by Crippen LogP contribution is 2.43. The molecular weight excluding hydrogens is 580 g/mol. The van der Waals surface area contributed by atoms with Crippen molar-refractivity contribution in [3.63, 3.8) is 0 Å². The van der Waals surface area contributed by atoms with Crippen molar-refractivity contribution >= 4 is 28.9 Å². The third-order valence-electron chi connectivity index (χ3n) is 10.7. The number of aryl methyl sites for hydroxylation is 1. The highest BCUT2D eigenvalue weighted by Gasteiger charge is 2.41. The molecule has 12 heteroatoms. The Morgan fingerprint density at radius 2 is 1.78 bits per heavy atom. The van der Waals surface area contributed by atoms with Crippen LogP contribution < -0.4 is 21.3 Å². The number of piperidine rings is 1. The van der Waals surface area contributed by atoms with Crippen LogP contribution in [0.1, 0.15) is 61.5 Å². The average Bonchev–Trinajstić information content (AvgIpc) is 3.60. The molecule has 1 aromatic carbocycles. The minimum absolute atomic E-state index is 0.0888. The van der Waals surface area contributed by atoms with Gasteiger partial charge in [0.15, 0.2) is 17.3 Å². The second kappa shape index (κ2) is 13.2. The van der Waals surface area contributed by atoms with Gasteiger partial charge in [-0.3, -0.25) is 14.8 Å². The number of carbonyl (C=O) groups is 1. The fourth-order valence-corrected chi connectivity index (χ4v) is 7.66. The summed E-state index contributed by atoms with van der Waals surface area (Å²) >= 11 is 0. The van der Waals surface area contributed by atoms with Gasteiger partial charge >= 0.3 is 0 Å². The van der Waals surface area contributed by atoms with Crippen molar-refractivity contribution in [3.05, 3.63) is 41.7 Å². The predicted octanol–water partition coefficient (Wildman–Crippen LogP) is 3.86. The van der Waals surface area contributed by atoms with Crippen molar-refractivity contribution in [2.24, 2.45) is 11.1 Å². The minimum Gasteiger partial charge on any atom is -0.380 e. The second-order valence-corrected chi connectivity index (χ2v) is 13.7. The maximum Gasteiger partial charge on any atom is 0.271 e. The summed E-state index contributed by atoms with van der Waals surface area (Å²) in [7, 11) is 2.22. The summed E-state index contributed by atoms with van der Waals surface area (Å²) in [6.07, 6.45) is 9.33. The molecule has 0 bridgehead atoms. The highest BCUT2D eigenvalue weighted by molar-refractivity contribution is 5.97. The van der Waals surface area contributed by atoms with Crippen LogP contribution in [0.2, 0.25) is 0 Å². The van der Waals surface area contributed by atoms with Crippen molar-refractivity contribution in [1.29, 1.82) is 0 Å². The first-order valence-corrected chi connectivity index (χ1v) is 17.0. The van der Waals surface area contributed by atoms with E-state index in [1.165, 1.54) is 37.2 Å². The number of hydrogen-bond donors (Lipinski definition) is 4. The van der Waals surface area contributed by atoms with Gasteiger partial charge in [-0.1, -0.05) is 6.92 Å². The number of rotatable bonds is 9. The molecule has 7 rings (SSSR count). The average molecular weight is 629 g/mol. The van der Waals surface area contributed by atoms with Crippen LogP contribution in [-0.2, 0) is 11.2 Å². The van der Waals surface area contributed by atoms with E-state index in [0.29, 0.717) is 34.5 Å². The molecule has 3 aliphatic heterocycles. The lowest BCUT2D eigenvalue weighted by Gasteiger charge is -2.46. The van der Waals surface area contributed by atoms with Crippen LogP contribution >= 0.6 is 0 Å². The van der Waals surface area contributed by atoms with Gasteiger partial charge in [0, 0.05) is 74.3 Å². The van der Waals surface area contributed by atoms with Gasteiger partial charge in [-0.2, -0.15) is 5.10 Å². The van der Waals surface area contributed by atoms with Crippen LogP contribution in [0.3, 0.4) is 0 Å². The molecule has 4 fully saturated rings. The van der Waals surface area contributed by atoms with E-state index in [2.05, 4.69) is 67.7 Å². The SMILES string of the molecule is CCc1cc(Nc2nc(NC3CCC4(CC3)COC4)c(-c3cc[nH]n3)nc2C(N)=O)ccc1N1CCC(N2CCN(C)CC2)CC1. The number of carbonyl (C=O) groups excluding carboxylic acids is 1. The number of nitrogens with one attached hydrogen (secondary N) is 3. The number of nitrogens with two attached hydrogens (primary N) is 1. The molecule has 1 saturated carbocycles. The molecule has 1 amide bonds. The van der Waals surface area contributed by atoms with Gasteiger partial charge in [-0.15, -0.1) is 0 Å². The number of amides is 1. The van der Waals surface area contributed by atoms with Gasteiger partial charge in [0.25, 0.3) is 5.91 Å². The number of benzene rings is 1. The van der Waals surface area contributed by atoms with Crippen LogP contribution in [0.4, 0.5) is 23.0 Å². The Labute approximate surface area is 271 Å². The normalized spacial score (nSPS) is 21.3. The monoisotopic (exact) mass is 628 g/mol. The molecule has 2 aromatic heterocycles. The number of aromatic nitrogens is 4. The lowest BCUT2D eigenvalue weighted by Crippen LogP contribution is -2.52. The largest absolute Gasteiger partial charge is 0.380 e. The number of hydrogen-bond acceptors (Lipinski definition) is 10. The van der Waals surface area contributed by atoms with Gasteiger partial charge in [-0.05, 0) is 81.8 Å². The van der Waals surface area contributed by atoms with Crippen LogP contribution in [0, 0.1) is 5.41 Å². The van der Waals surface area contributed by atoms with Crippen LogP contribution in [0.15, 0.2) is 30.5 Å². The Morgan fingerprint density at radius 1 is 1.02 bits per heavy atom. The summed E-state index contributed by atoms with van der Waals surface area (Å²) in [5, 5.41) is 14.3. The molecule has 4 aliphatic rings. The molecule has 0 radical (unpaired) electrons. The van der Waals surface area contributed by atoms with Gasteiger partial charge in [-0.25, -0.2) is 9.97 Å². The summed E-state index contributed by atoms with van der Waals surface area (Å²) < 4.78 is 5.52. The molecular formula is C34H48N10O2. The van der Waals surface area contributed by atoms with Crippen molar-refractivity contribution in [2.45, 2.75) is 64.0 Å². The number of piperazine rings is 1. The Kier molecular flexibility index (Phi) is 8.84. The number of nitrogens with zero attached hydrogens (tertiary/aromatic N) is 6. The molecule has 3 aromatic rings. The van der Waals surface area contributed by atoms with Gasteiger partial charge in [0.05, 0.1) is 13.2 Å². The standard InChI is InChI=1S/C34H48N10O2/c1-3-23-20-25(4-5-28(23)44-14-9-26(10-15-44)43-18-16-42(2)17-19-43)38-33-30(31(35)45)39-29(27-8-13-36-41-27)32(40-33)37-24-6-11-34(12-7-24)21-46-22-34/h4-5,8,13,20,24,26H,3,6-7,9-12,14-19,21-22H2,1-2H3,(H2,35,45)(H,36,41)(H2,37,38,40). The molecule has 0 unspecified atom stereocenters. The number of H-pyrrole nitrogens is 1. The molecule has 3 saturated heterocycles. The Morgan fingerprint density at radius 3 is 2.41 bits per heavy atom. The molecule has 46 heavy (non-hydrogen) atoms. The smallest absolute Gasteiger partial charge is 0.271 e. The summed E-state index contributed by atoms with van der Waals surface area (Å²) in [4.78, 5) is 30.0. The maximum absolute atomic E-state index is 12.7. The van der Waals surface area contributed by atoms with E-state index in [0.717, 1.165) is 77.2 Å². The molecule has 1 spiro atoms. The van der Waals surface area contributed by atoms with Crippen LogP contribution in [0.25, 0.3) is 11.4 Å². The maximum atomic E-state index is 12.7. The van der Waals surface area contributed by atoms with E-state index in [1.807, 2.05) is 6.07 Å². The van der Waals surface area contributed by atoms with E-state index in [1.54, 1.807) is 6.20 Å². The summed E-state index contributed by atoms with van der Waals surface area (Å²) in [6, 6.07) is 9.20. The van der Waals surface area contributed by atoms with Crippen LogP contribution in [0.5, 0.6) is 0 Å². The fourth-order valence-electron chi connectivity index (χ4n) is 7.66. The van der Waals surface area contributed by atoms with Crippen molar-refractivity contribution < 1.29 is 9.53 Å². The van der Waals surface area contributed by atoms with Crippen molar-refractivity contribution in [1.82, 2.24) is 30.0 Å². The lowest BCUT2D eigenvalue weighted by molar-refractivity contribution is -0.131. The summed E-state index contributed by atoms with van der Waals surface area (Å²) in [5.74, 6) is 0.302. The van der Waals surface area contributed by atoms with E-state index in [9.17, 15) is 4.79 Å². The first kappa shape index (κ1) is 30.9. The van der Waals surface area contributed by atoms with E-state index >= 15 is 0 Å². The third-order valence-corrected chi connectivity index (χ3v) is 10.7. The number of ether oxygens (including phenoxy) is 1. The van der Waals surface area contributed by atoms with Crippen LogP contribution in [-0.4, -0.2) is 107 Å². The fraction of sp³-hybridized carbons (Fsp3) is 0.588. The predicted molar refractivity (Wildman–Crippen MR) is 181 cm³/mol. The van der Waals surface area contributed by atoms with Gasteiger partial charge in [0.2, 0.25) is 0 Å². The van der Waals surface area contributed by atoms with Crippen molar-refractivity contribution in [2.75, 3.05) is 75.1 Å². The van der Waals surface area contributed by atoms with Gasteiger partial charge in [0.1, 0.15) is 11.4 Å². The Hall–Kier alpha value is -3.74. The zero-order valence-electron chi connectivity index (χ0n) is 27.2. The topological polar surface area (TPSA) is 141 Å². The first-order valence-electron chi connectivity index (χ1n) is 17.0.